The van der Waals surface area contributed by atoms with Crippen LogP contribution in [0.2, 0.25) is 0 Å². The Hall–Kier alpha value is -2.52. The van der Waals surface area contributed by atoms with Crippen LogP contribution in [0.15, 0.2) is 41.3 Å². The van der Waals surface area contributed by atoms with E-state index in [-0.39, 0.29) is 30.3 Å². The SMILES string of the molecule is COc1ccc2c(c1)[C@@]1(CCN(S(=O)(=O)c3ccc(F)c(F)c3)C1)C(=O)N2. The minimum Gasteiger partial charge on any atom is -0.497 e. The van der Waals surface area contributed by atoms with Crippen LogP contribution in [0, 0.1) is 11.6 Å². The van der Waals surface area contributed by atoms with Gasteiger partial charge in [-0.15, -0.1) is 0 Å². The molecule has 0 saturated carbocycles. The Balaban J connectivity index is 1.71. The first kappa shape index (κ1) is 17.9. The maximum absolute atomic E-state index is 13.5. The number of rotatable bonds is 3. The molecule has 9 heteroatoms. The van der Waals surface area contributed by atoms with Crippen LogP contribution in [0.5, 0.6) is 5.75 Å². The number of methoxy groups -OCH3 is 1. The number of amides is 1. The van der Waals surface area contributed by atoms with E-state index in [9.17, 15) is 22.0 Å². The topological polar surface area (TPSA) is 75.7 Å². The number of sulfonamides is 1. The molecule has 2 heterocycles. The Morgan fingerprint density at radius 3 is 2.63 bits per heavy atom. The molecule has 2 aliphatic heterocycles. The van der Waals surface area contributed by atoms with Gasteiger partial charge in [-0.3, -0.25) is 4.79 Å². The number of fused-ring (bicyclic) bond motifs is 2. The molecule has 0 unspecified atom stereocenters. The summed E-state index contributed by atoms with van der Waals surface area (Å²) in [5.74, 6) is -2.08. The van der Waals surface area contributed by atoms with Crippen LogP contribution in [0.25, 0.3) is 0 Å². The van der Waals surface area contributed by atoms with Gasteiger partial charge in [-0.2, -0.15) is 4.31 Å². The lowest BCUT2D eigenvalue weighted by Crippen LogP contribution is -2.39. The van der Waals surface area contributed by atoms with Crippen molar-refractivity contribution in [2.75, 3.05) is 25.5 Å². The number of anilines is 1. The lowest BCUT2D eigenvalue weighted by Gasteiger charge is -2.22. The van der Waals surface area contributed by atoms with E-state index in [1.807, 2.05) is 0 Å². The third kappa shape index (κ3) is 2.61. The van der Waals surface area contributed by atoms with Crippen LogP contribution in [0.1, 0.15) is 12.0 Å². The van der Waals surface area contributed by atoms with Gasteiger partial charge < -0.3 is 10.1 Å². The van der Waals surface area contributed by atoms with E-state index in [4.69, 9.17) is 4.74 Å². The number of hydrogen-bond acceptors (Lipinski definition) is 4. The fraction of sp³-hybridized carbons (Fsp3) is 0.278. The lowest BCUT2D eigenvalue weighted by molar-refractivity contribution is -0.120. The summed E-state index contributed by atoms with van der Waals surface area (Å²) in [5, 5.41) is 2.78. The summed E-state index contributed by atoms with van der Waals surface area (Å²) < 4.78 is 58.7. The third-order valence-electron chi connectivity index (χ3n) is 5.19. The van der Waals surface area contributed by atoms with E-state index in [0.29, 0.717) is 23.1 Å². The van der Waals surface area contributed by atoms with Crippen LogP contribution in [0.3, 0.4) is 0 Å². The van der Waals surface area contributed by atoms with Crippen LogP contribution in [-0.2, 0) is 20.2 Å². The molecule has 0 radical (unpaired) electrons. The van der Waals surface area contributed by atoms with Crippen molar-refractivity contribution in [1.29, 1.82) is 0 Å². The van der Waals surface area contributed by atoms with Crippen LogP contribution in [-0.4, -0.2) is 38.8 Å². The van der Waals surface area contributed by atoms with Gasteiger partial charge in [0.15, 0.2) is 11.6 Å². The Morgan fingerprint density at radius 1 is 1.15 bits per heavy atom. The zero-order chi connectivity index (χ0) is 19.4. The normalized spacial score (nSPS) is 22.1. The quantitative estimate of drug-likeness (QED) is 0.867. The van der Waals surface area contributed by atoms with Crippen molar-refractivity contribution in [2.24, 2.45) is 0 Å². The average Bonchev–Trinajstić information content (AvgIpc) is 3.21. The predicted octanol–water partition coefficient (Wildman–Crippen LogP) is 2.26. The van der Waals surface area contributed by atoms with Crippen LogP contribution in [0.4, 0.5) is 14.5 Å². The number of carbonyl (C=O) groups excluding carboxylic acids is 1. The van der Waals surface area contributed by atoms with E-state index in [1.54, 1.807) is 18.2 Å². The molecule has 1 atom stereocenters. The second kappa shape index (κ2) is 6.00. The van der Waals surface area contributed by atoms with Gasteiger partial charge in [0.05, 0.1) is 17.4 Å². The molecule has 1 N–H and O–H groups in total. The fourth-order valence-electron chi connectivity index (χ4n) is 3.69. The summed E-state index contributed by atoms with van der Waals surface area (Å²) in [6, 6.07) is 7.60. The first-order valence-electron chi connectivity index (χ1n) is 8.23. The summed E-state index contributed by atoms with van der Waals surface area (Å²) >= 11 is 0. The average molecular weight is 394 g/mol. The first-order chi connectivity index (χ1) is 12.8. The molecular formula is C18H16F2N2O4S. The molecule has 1 amide bonds. The van der Waals surface area contributed by atoms with Gasteiger partial charge in [0.1, 0.15) is 5.75 Å². The van der Waals surface area contributed by atoms with E-state index < -0.39 is 27.1 Å². The Labute approximate surface area is 154 Å². The predicted molar refractivity (Wildman–Crippen MR) is 93.0 cm³/mol. The van der Waals surface area contributed by atoms with Gasteiger partial charge in [-0.1, -0.05) is 0 Å². The number of benzene rings is 2. The summed E-state index contributed by atoms with van der Waals surface area (Å²) in [4.78, 5) is 12.3. The molecule has 27 heavy (non-hydrogen) atoms. The summed E-state index contributed by atoms with van der Waals surface area (Å²) in [7, 11) is -2.56. The highest BCUT2D eigenvalue weighted by Crippen LogP contribution is 2.46. The Bertz CT molecular complexity index is 1060. The maximum Gasteiger partial charge on any atom is 0.243 e. The molecule has 4 rings (SSSR count). The van der Waals surface area contributed by atoms with Gasteiger partial charge in [-0.05, 0) is 48.4 Å². The van der Waals surface area contributed by atoms with Gasteiger partial charge in [0.25, 0.3) is 0 Å². The number of halogens is 2. The van der Waals surface area contributed by atoms with Gasteiger partial charge in [-0.25, -0.2) is 17.2 Å². The molecule has 0 aromatic heterocycles. The van der Waals surface area contributed by atoms with Gasteiger partial charge in [0.2, 0.25) is 15.9 Å². The van der Waals surface area contributed by atoms with E-state index in [1.165, 1.54) is 7.11 Å². The van der Waals surface area contributed by atoms with Crippen LogP contribution >= 0.6 is 0 Å². The van der Waals surface area contributed by atoms with Crippen molar-refractivity contribution in [1.82, 2.24) is 4.31 Å². The number of nitrogens with zero attached hydrogens (tertiary/aromatic N) is 1. The molecular weight excluding hydrogens is 378 g/mol. The third-order valence-corrected chi connectivity index (χ3v) is 7.03. The zero-order valence-corrected chi connectivity index (χ0v) is 15.1. The van der Waals surface area contributed by atoms with Crippen molar-refractivity contribution < 1.29 is 26.7 Å². The largest absolute Gasteiger partial charge is 0.497 e. The summed E-state index contributed by atoms with van der Waals surface area (Å²) in [6.45, 7) is 0.00568. The number of hydrogen-bond donors (Lipinski definition) is 1. The second-order valence-corrected chi connectivity index (χ2v) is 8.55. The minimum absolute atomic E-state index is 0.0830. The molecule has 1 fully saturated rings. The van der Waals surface area contributed by atoms with Crippen molar-refractivity contribution >= 4 is 21.6 Å². The molecule has 2 aromatic carbocycles. The fourth-order valence-corrected chi connectivity index (χ4v) is 5.20. The number of ether oxygens (including phenoxy) is 1. The minimum atomic E-state index is -4.07. The Morgan fingerprint density at radius 2 is 1.93 bits per heavy atom. The van der Waals surface area contributed by atoms with Gasteiger partial charge in [0, 0.05) is 18.8 Å². The van der Waals surface area contributed by atoms with Crippen molar-refractivity contribution in [3.8, 4) is 5.75 Å². The monoisotopic (exact) mass is 394 g/mol. The summed E-state index contributed by atoms with van der Waals surface area (Å²) in [6.07, 6.45) is 0.280. The molecule has 1 saturated heterocycles. The highest BCUT2D eigenvalue weighted by molar-refractivity contribution is 7.89. The van der Waals surface area contributed by atoms with E-state index >= 15 is 0 Å². The lowest BCUT2D eigenvalue weighted by atomic mass is 9.81. The highest BCUT2D eigenvalue weighted by Gasteiger charge is 2.53. The number of carbonyl (C=O) groups is 1. The zero-order valence-electron chi connectivity index (χ0n) is 14.3. The molecule has 2 aromatic rings. The molecule has 6 nitrogen and oxygen atoms in total. The highest BCUT2D eigenvalue weighted by atomic mass is 32.2. The molecule has 2 aliphatic rings. The van der Waals surface area contributed by atoms with E-state index in [0.717, 1.165) is 16.4 Å². The van der Waals surface area contributed by atoms with Gasteiger partial charge >= 0.3 is 0 Å². The standard InChI is InChI=1S/C18H16F2N2O4S/c1-26-11-2-5-16-13(8-11)18(17(23)21-16)6-7-22(10-18)27(24,25)12-3-4-14(19)15(20)9-12/h2-5,8-9H,6-7,10H2,1H3,(H,21,23)/t18-/m0/s1. The molecule has 0 aliphatic carbocycles. The van der Waals surface area contributed by atoms with Crippen LogP contribution < -0.4 is 10.1 Å². The number of nitrogens with one attached hydrogen (secondary N) is 1. The molecule has 142 valence electrons. The van der Waals surface area contributed by atoms with Crippen molar-refractivity contribution in [3.63, 3.8) is 0 Å². The maximum atomic E-state index is 13.5. The molecule has 1 spiro atoms. The summed E-state index contributed by atoms with van der Waals surface area (Å²) in [5.41, 5.74) is 0.262. The first-order valence-corrected chi connectivity index (χ1v) is 9.67. The Kier molecular flexibility index (Phi) is 3.97. The molecule has 0 bridgehead atoms. The van der Waals surface area contributed by atoms with E-state index in [2.05, 4.69) is 5.32 Å². The van der Waals surface area contributed by atoms with Crippen molar-refractivity contribution in [2.45, 2.75) is 16.7 Å². The smallest absolute Gasteiger partial charge is 0.243 e. The van der Waals surface area contributed by atoms with Crippen molar-refractivity contribution in [3.05, 3.63) is 53.6 Å². The second-order valence-electron chi connectivity index (χ2n) is 6.61.